The number of amides is 1. The summed E-state index contributed by atoms with van der Waals surface area (Å²) in [5.74, 6) is 0.294. The van der Waals surface area contributed by atoms with Crippen LogP contribution < -0.4 is 5.76 Å². The Morgan fingerprint density at radius 3 is 2.53 bits per heavy atom. The summed E-state index contributed by atoms with van der Waals surface area (Å²) < 4.78 is 5.21. The molecule has 1 N–H and O–H groups in total. The lowest BCUT2D eigenvalue weighted by Gasteiger charge is -2.35. The van der Waals surface area contributed by atoms with Crippen molar-refractivity contribution in [1.29, 1.82) is 0 Å². The van der Waals surface area contributed by atoms with Crippen LogP contribution in [0.25, 0.3) is 11.1 Å². The second kappa shape index (κ2) is 7.76. The van der Waals surface area contributed by atoms with E-state index in [9.17, 15) is 9.59 Å². The van der Waals surface area contributed by atoms with Crippen molar-refractivity contribution in [1.82, 2.24) is 14.8 Å². The highest BCUT2D eigenvalue weighted by Crippen LogP contribution is 2.32. The maximum absolute atomic E-state index is 13.0. The number of aromatic nitrogens is 1. The van der Waals surface area contributed by atoms with Crippen LogP contribution in [0.15, 0.2) is 51.7 Å². The minimum Gasteiger partial charge on any atom is -0.408 e. The Bertz CT molecular complexity index is 1110. The number of fused-ring (bicyclic) bond motifs is 1. The summed E-state index contributed by atoms with van der Waals surface area (Å²) in [6, 6.07) is 14.4. The van der Waals surface area contributed by atoms with Crippen LogP contribution in [0.2, 0.25) is 0 Å². The fourth-order valence-corrected chi connectivity index (χ4v) is 4.89. The van der Waals surface area contributed by atoms with E-state index in [1.165, 1.54) is 16.7 Å². The molecule has 2 aliphatic rings. The molecule has 0 bridgehead atoms. The van der Waals surface area contributed by atoms with Crippen molar-refractivity contribution in [3.8, 4) is 0 Å². The van der Waals surface area contributed by atoms with Gasteiger partial charge in [-0.05, 0) is 68.5 Å². The topological polar surface area (TPSA) is 69.6 Å². The van der Waals surface area contributed by atoms with Crippen LogP contribution >= 0.6 is 0 Å². The summed E-state index contributed by atoms with van der Waals surface area (Å²) in [7, 11) is 0. The maximum atomic E-state index is 13.0. The zero-order valence-corrected chi connectivity index (χ0v) is 17.3. The number of nitrogens with zero attached hydrogens (tertiary/aromatic N) is 2. The van der Waals surface area contributed by atoms with Crippen LogP contribution in [0, 0.1) is 6.92 Å². The molecular formula is C24H27N3O3. The first-order valence-corrected chi connectivity index (χ1v) is 10.8. The maximum Gasteiger partial charge on any atom is 0.417 e. The second-order valence-corrected chi connectivity index (χ2v) is 8.63. The Kier molecular flexibility index (Phi) is 4.95. The van der Waals surface area contributed by atoms with Gasteiger partial charge in [-0.3, -0.25) is 14.7 Å². The molecule has 30 heavy (non-hydrogen) atoms. The van der Waals surface area contributed by atoms with Gasteiger partial charge in [0.25, 0.3) is 0 Å². The fraction of sp³-hybridized carbons (Fsp3) is 0.417. The summed E-state index contributed by atoms with van der Waals surface area (Å²) in [4.78, 5) is 31.5. The van der Waals surface area contributed by atoms with Crippen LogP contribution in [0.3, 0.4) is 0 Å². The van der Waals surface area contributed by atoms with Crippen molar-refractivity contribution < 1.29 is 9.21 Å². The SMILES string of the molecule is Cc1ccc(CN2CC[C@@H](N3CCC(c4ccc5[nH]c(=O)oc5c4)CC3)C2=O)cc1. The molecule has 0 radical (unpaired) electrons. The van der Waals surface area contributed by atoms with E-state index < -0.39 is 5.76 Å². The van der Waals surface area contributed by atoms with Gasteiger partial charge >= 0.3 is 5.76 Å². The number of piperidine rings is 1. The van der Waals surface area contributed by atoms with Gasteiger partial charge < -0.3 is 9.32 Å². The predicted octanol–water partition coefficient (Wildman–Crippen LogP) is 3.41. The van der Waals surface area contributed by atoms with E-state index in [1.54, 1.807) is 0 Å². The van der Waals surface area contributed by atoms with Crippen LogP contribution in [0.4, 0.5) is 0 Å². The molecule has 156 valence electrons. The largest absolute Gasteiger partial charge is 0.417 e. The molecule has 2 fully saturated rings. The third-order valence-electron chi connectivity index (χ3n) is 6.65. The van der Waals surface area contributed by atoms with Gasteiger partial charge in [0.1, 0.15) is 0 Å². The molecule has 1 amide bonds. The molecule has 6 nitrogen and oxygen atoms in total. The summed E-state index contributed by atoms with van der Waals surface area (Å²) in [6.07, 6.45) is 2.94. The van der Waals surface area contributed by atoms with Crippen LogP contribution in [-0.2, 0) is 11.3 Å². The molecule has 2 aliphatic heterocycles. The average Bonchev–Trinajstić information content (AvgIpc) is 3.31. The number of rotatable bonds is 4. The molecule has 6 heteroatoms. The molecule has 3 heterocycles. The number of hydrogen-bond donors (Lipinski definition) is 1. The number of likely N-dealkylation sites (tertiary alicyclic amines) is 2. The van der Waals surface area contributed by atoms with Gasteiger partial charge in [0.15, 0.2) is 5.58 Å². The number of aromatic amines is 1. The lowest BCUT2D eigenvalue weighted by molar-refractivity contribution is -0.133. The number of benzene rings is 2. The van der Waals surface area contributed by atoms with Gasteiger partial charge in [-0.15, -0.1) is 0 Å². The second-order valence-electron chi connectivity index (χ2n) is 8.63. The Hall–Kier alpha value is -2.86. The lowest BCUT2D eigenvalue weighted by atomic mass is 9.88. The van der Waals surface area contributed by atoms with E-state index in [0.717, 1.165) is 44.4 Å². The Labute approximate surface area is 175 Å². The molecule has 5 rings (SSSR count). The number of nitrogens with one attached hydrogen (secondary N) is 1. The average molecular weight is 405 g/mol. The van der Waals surface area contributed by atoms with E-state index in [2.05, 4.69) is 47.1 Å². The van der Waals surface area contributed by atoms with E-state index in [-0.39, 0.29) is 11.9 Å². The number of hydrogen-bond acceptors (Lipinski definition) is 4. The molecule has 0 saturated carbocycles. The Balaban J connectivity index is 1.20. The quantitative estimate of drug-likeness (QED) is 0.722. The Morgan fingerprint density at radius 2 is 1.77 bits per heavy atom. The number of carbonyl (C=O) groups is 1. The highest BCUT2D eigenvalue weighted by atomic mass is 16.4. The van der Waals surface area contributed by atoms with Gasteiger partial charge in [-0.1, -0.05) is 35.9 Å². The van der Waals surface area contributed by atoms with Gasteiger partial charge in [0.2, 0.25) is 5.91 Å². The molecule has 2 saturated heterocycles. The predicted molar refractivity (Wildman–Crippen MR) is 115 cm³/mol. The monoisotopic (exact) mass is 405 g/mol. The zero-order chi connectivity index (χ0) is 20.7. The normalized spacial score (nSPS) is 21.0. The minimum atomic E-state index is -0.410. The summed E-state index contributed by atoms with van der Waals surface area (Å²) in [5.41, 5.74) is 5.01. The minimum absolute atomic E-state index is 0.0153. The molecular weight excluding hydrogens is 378 g/mol. The number of carbonyl (C=O) groups excluding carboxylic acids is 1. The highest BCUT2D eigenvalue weighted by Gasteiger charge is 2.37. The molecule has 2 aromatic carbocycles. The van der Waals surface area contributed by atoms with Crippen molar-refractivity contribution in [2.24, 2.45) is 0 Å². The first-order chi connectivity index (χ1) is 14.6. The molecule has 3 aromatic rings. The first-order valence-electron chi connectivity index (χ1n) is 10.8. The number of aryl methyl sites for hydroxylation is 1. The summed E-state index contributed by atoms with van der Waals surface area (Å²) in [6.45, 7) is 5.47. The molecule has 0 unspecified atom stereocenters. The van der Waals surface area contributed by atoms with E-state index in [0.29, 0.717) is 18.0 Å². The zero-order valence-electron chi connectivity index (χ0n) is 17.3. The van der Waals surface area contributed by atoms with Crippen LogP contribution in [-0.4, -0.2) is 46.4 Å². The van der Waals surface area contributed by atoms with Crippen LogP contribution in [0.5, 0.6) is 0 Å². The smallest absolute Gasteiger partial charge is 0.408 e. The van der Waals surface area contributed by atoms with E-state index in [1.807, 2.05) is 17.0 Å². The third-order valence-corrected chi connectivity index (χ3v) is 6.65. The van der Waals surface area contributed by atoms with Gasteiger partial charge in [0.05, 0.1) is 11.6 Å². The summed E-state index contributed by atoms with van der Waals surface area (Å²) in [5, 5.41) is 0. The molecule has 1 atom stereocenters. The fourth-order valence-electron chi connectivity index (χ4n) is 4.89. The van der Waals surface area contributed by atoms with Crippen molar-refractivity contribution in [2.45, 2.75) is 44.7 Å². The Morgan fingerprint density at radius 1 is 1.00 bits per heavy atom. The number of oxazole rings is 1. The van der Waals surface area contributed by atoms with Gasteiger partial charge in [-0.2, -0.15) is 0 Å². The van der Waals surface area contributed by atoms with Crippen molar-refractivity contribution >= 4 is 17.0 Å². The van der Waals surface area contributed by atoms with E-state index >= 15 is 0 Å². The molecule has 0 aliphatic carbocycles. The lowest BCUT2D eigenvalue weighted by Crippen LogP contribution is -2.45. The molecule has 1 aromatic heterocycles. The number of H-pyrrole nitrogens is 1. The van der Waals surface area contributed by atoms with Crippen molar-refractivity contribution in [2.75, 3.05) is 19.6 Å². The van der Waals surface area contributed by atoms with Crippen molar-refractivity contribution in [3.63, 3.8) is 0 Å². The van der Waals surface area contributed by atoms with Gasteiger partial charge in [0, 0.05) is 13.1 Å². The summed E-state index contributed by atoms with van der Waals surface area (Å²) >= 11 is 0. The highest BCUT2D eigenvalue weighted by molar-refractivity contribution is 5.84. The van der Waals surface area contributed by atoms with Crippen LogP contribution in [0.1, 0.15) is 41.9 Å². The standard InChI is InChI=1S/C24H27N3O3/c1-16-2-4-17(5-3-16)15-27-13-10-21(23(27)28)26-11-8-18(9-12-26)19-6-7-20-22(14-19)30-24(29)25-20/h2-7,14,18,21H,8-13,15H2,1H3,(H,25,29)/t21-/m1/s1. The first kappa shape index (κ1) is 19.1. The molecule has 0 spiro atoms. The van der Waals surface area contributed by atoms with Crippen molar-refractivity contribution in [3.05, 3.63) is 69.7 Å². The van der Waals surface area contributed by atoms with E-state index in [4.69, 9.17) is 4.42 Å². The van der Waals surface area contributed by atoms with Gasteiger partial charge in [-0.25, -0.2) is 4.79 Å². The third kappa shape index (κ3) is 3.67.